The maximum absolute atomic E-state index is 7.52. The Bertz CT molecular complexity index is 509. The number of nitrogen functional groups attached to an aromatic ring is 1. The second-order valence-electron chi connectivity index (χ2n) is 4.14. The summed E-state index contributed by atoms with van der Waals surface area (Å²) in [7, 11) is 0. The van der Waals surface area contributed by atoms with Crippen molar-refractivity contribution < 1.29 is 0 Å². The van der Waals surface area contributed by atoms with E-state index in [2.05, 4.69) is 23.8 Å². The van der Waals surface area contributed by atoms with Gasteiger partial charge < -0.3 is 5.73 Å². The molecule has 0 aliphatic carbocycles. The molecule has 0 aliphatic heterocycles. The summed E-state index contributed by atoms with van der Waals surface area (Å²) >= 11 is 0.875. The quantitative estimate of drug-likeness (QED) is 0.509. The Labute approximate surface area is 121 Å². The van der Waals surface area contributed by atoms with Gasteiger partial charge in [0.1, 0.15) is 5.84 Å². The Morgan fingerprint density at radius 2 is 1.53 bits per heavy atom. The van der Waals surface area contributed by atoms with E-state index < -0.39 is 0 Å². The molecule has 19 heavy (non-hydrogen) atoms. The molecule has 2 aromatic carbocycles. The summed E-state index contributed by atoms with van der Waals surface area (Å²) in [4.78, 5) is 0. The van der Waals surface area contributed by atoms with Crippen molar-refractivity contribution in [2.75, 3.05) is 0 Å². The van der Waals surface area contributed by atoms with Crippen molar-refractivity contribution in [1.29, 1.82) is 5.41 Å². The zero-order valence-corrected chi connectivity index (χ0v) is 13.1. The molecule has 0 aliphatic rings. The first-order chi connectivity index (χ1) is 9.19. The van der Waals surface area contributed by atoms with Gasteiger partial charge in [0, 0.05) is 5.56 Å². The number of rotatable bonds is 3. The van der Waals surface area contributed by atoms with E-state index in [1.54, 1.807) is 0 Å². The maximum Gasteiger partial charge on any atom is 0.123 e. The van der Waals surface area contributed by atoms with Crippen molar-refractivity contribution in [2.45, 2.75) is 18.1 Å². The summed E-state index contributed by atoms with van der Waals surface area (Å²) in [5.41, 5.74) is 8.71. The zero-order chi connectivity index (χ0) is 14.1. The molecule has 0 saturated carbocycles. The van der Waals surface area contributed by atoms with E-state index in [0.29, 0.717) is 0 Å². The van der Waals surface area contributed by atoms with Gasteiger partial charge >= 0.3 is 26.6 Å². The fourth-order valence-electron chi connectivity index (χ4n) is 1.75. The zero-order valence-electron chi connectivity index (χ0n) is 11.4. The summed E-state index contributed by atoms with van der Waals surface area (Å²) in [5, 5.41) is 7.52. The van der Waals surface area contributed by atoms with Crippen LogP contribution in [-0.2, 0) is 6.42 Å². The summed E-state index contributed by atoms with van der Waals surface area (Å²) in [6.07, 6.45) is 0.816. The van der Waals surface area contributed by atoms with Crippen molar-refractivity contribution >= 4 is 20.8 Å². The Hall–Kier alpha value is -1.57. The van der Waals surface area contributed by atoms with E-state index in [0.717, 1.165) is 32.5 Å². The number of amidine groups is 1. The van der Waals surface area contributed by atoms with E-state index >= 15 is 0 Å². The first kappa shape index (κ1) is 15.5. The fraction of sp³-hybridized carbons (Fsp3) is 0.188. The number of nitrogens with two attached hydrogens (primary N) is 1. The number of benzene rings is 2. The van der Waals surface area contributed by atoms with Gasteiger partial charge in [-0.2, -0.15) is 0 Å². The summed E-state index contributed by atoms with van der Waals surface area (Å²) < 4.78 is 0. The van der Waals surface area contributed by atoms with E-state index in [-0.39, 0.29) is 5.84 Å². The van der Waals surface area contributed by atoms with Crippen molar-refractivity contribution in [2.24, 2.45) is 5.73 Å². The van der Waals surface area contributed by atoms with Crippen molar-refractivity contribution in [1.82, 2.24) is 0 Å². The predicted octanol–water partition coefficient (Wildman–Crippen LogP) is 3.35. The van der Waals surface area contributed by atoms with Crippen LogP contribution in [0, 0.1) is 5.41 Å². The van der Waals surface area contributed by atoms with E-state index in [1.807, 2.05) is 42.5 Å². The van der Waals surface area contributed by atoms with Crippen LogP contribution in [0.15, 0.2) is 54.6 Å². The van der Waals surface area contributed by atoms with Gasteiger partial charge in [0.15, 0.2) is 0 Å². The van der Waals surface area contributed by atoms with Crippen LogP contribution in [0.4, 0.5) is 0 Å². The molecule has 0 radical (unpaired) electrons. The van der Waals surface area contributed by atoms with Gasteiger partial charge in [-0.15, -0.1) is 0 Å². The Kier molecular flexibility index (Phi) is 6.94. The average molecular weight is 319 g/mol. The molecule has 0 aromatic heterocycles. The van der Waals surface area contributed by atoms with Crippen LogP contribution in [0.5, 0.6) is 0 Å². The van der Waals surface area contributed by atoms with E-state index in [4.69, 9.17) is 11.1 Å². The van der Waals surface area contributed by atoms with Gasteiger partial charge in [-0.25, -0.2) is 0 Å². The first-order valence-electron chi connectivity index (χ1n) is 6.05. The first-order valence-corrected chi connectivity index (χ1v) is 9.48. The fourth-order valence-corrected chi connectivity index (χ4v) is 1.75. The molecule has 3 heteroatoms. The van der Waals surface area contributed by atoms with E-state index in [9.17, 15) is 0 Å². The van der Waals surface area contributed by atoms with Crippen LogP contribution in [0.3, 0.4) is 0 Å². The standard InChI is InChI=1S/C14H14N2.C2H6Se/c15-14(16)13-9-5-4-8-12(13)10-11-6-2-1-3-7-11;1-3-2/h1-9H,10H2,(H3,15,16);1-2H3. The van der Waals surface area contributed by atoms with Gasteiger partial charge in [0.2, 0.25) is 0 Å². The van der Waals surface area contributed by atoms with Crippen LogP contribution in [0.1, 0.15) is 16.7 Å². The minimum absolute atomic E-state index is 0.131. The normalized spacial score (nSPS) is 9.37. The molecule has 0 heterocycles. The Balaban J connectivity index is 0.000000550. The molecule has 2 aromatic rings. The van der Waals surface area contributed by atoms with Crippen molar-refractivity contribution in [3.63, 3.8) is 0 Å². The van der Waals surface area contributed by atoms with Crippen LogP contribution in [0.2, 0.25) is 11.6 Å². The van der Waals surface area contributed by atoms with Gasteiger partial charge in [-0.05, 0) is 17.5 Å². The third-order valence-corrected chi connectivity index (χ3v) is 2.54. The number of hydrogen-bond donors (Lipinski definition) is 2. The summed E-state index contributed by atoms with van der Waals surface area (Å²) in [5.74, 6) is 4.51. The molecule has 0 unspecified atom stereocenters. The molecular weight excluding hydrogens is 299 g/mol. The number of nitrogens with one attached hydrogen (secondary N) is 1. The molecule has 0 amide bonds. The number of hydrogen-bond acceptors (Lipinski definition) is 1. The molecule has 2 rings (SSSR count). The molecular formula is C16H20N2Se. The smallest absolute Gasteiger partial charge is 0.123 e. The topological polar surface area (TPSA) is 49.9 Å². The Morgan fingerprint density at radius 1 is 1.00 bits per heavy atom. The largest absolute Gasteiger partial charge is 0.384 e. The predicted molar refractivity (Wildman–Crippen MR) is 84.2 cm³/mol. The maximum atomic E-state index is 7.52. The second kappa shape index (κ2) is 8.52. The van der Waals surface area contributed by atoms with Gasteiger partial charge in [-0.3, -0.25) is 5.41 Å². The van der Waals surface area contributed by atoms with Crippen LogP contribution in [-0.4, -0.2) is 20.8 Å². The second-order valence-corrected chi connectivity index (χ2v) is 5.85. The third kappa shape index (κ3) is 5.29. The van der Waals surface area contributed by atoms with Gasteiger partial charge in [0.05, 0.1) is 0 Å². The SMILES string of the molecule is C[Se]C.N=C(N)c1ccccc1Cc1ccccc1. The van der Waals surface area contributed by atoms with Crippen molar-refractivity contribution in [3.05, 3.63) is 71.3 Å². The van der Waals surface area contributed by atoms with Crippen molar-refractivity contribution in [3.8, 4) is 0 Å². The van der Waals surface area contributed by atoms with Crippen LogP contribution in [0.25, 0.3) is 0 Å². The molecule has 100 valence electrons. The molecule has 0 bridgehead atoms. The van der Waals surface area contributed by atoms with Gasteiger partial charge in [-0.1, -0.05) is 54.6 Å². The van der Waals surface area contributed by atoms with E-state index in [1.165, 1.54) is 5.56 Å². The minimum atomic E-state index is 0.131. The van der Waals surface area contributed by atoms with Gasteiger partial charge in [0.25, 0.3) is 0 Å². The molecule has 0 atom stereocenters. The minimum Gasteiger partial charge on any atom is -0.384 e. The molecule has 0 saturated heterocycles. The van der Waals surface area contributed by atoms with Crippen LogP contribution < -0.4 is 5.73 Å². The van der Waals surface area contributed by atoms with Crippen LogP contribution >= 0.6 is 0 Å². The average Bonchev–Trinajstić information content (AvgIpc) is 2.41. The monoisotopic (exact) mass is 320 g/mol. The summed E-state index contributed by atoms with van der Waals surface area (Å²) in [6.45, 7) is 0. The molecule has 0 fully saturated rings. The Morgan fingerprint density at radius 3 is 2.11 bits per heavy atom. The molecule has 0 spiro atoms. The third-order valence-electron chi connectivity index (χ3n) is 2.54. The molecule has 3 N–H and O–H groups in total. The molecule has 2 nitrogen and oxygen atoms in total. The summed E-state index contributed by atoms with van der Waals surface area (Å²) in [6, 6.07) is 18.0.